The number of aromatic nitrogens is 1. The van der Waals surface area contributed by atoms with Gasteiger partial charge < -0.3 is 5.32 Å². The molecule has 0 amide bonds. The highest BCUT2D eigenvalue weighted by Gasteiger charge is 2.08. The fourth-order valence-electron chi connectivity index (χ4n) is 1.28. The van der Waals surface area contributed by atoms with E-state index in [0.717, 1.165) is 22.8 Å². The number of nitrogens with one attached hydrogen (secondary N) is 1. The number of rotatable bonds is 5. The van der Waals surface area contributed by atoms with Crippen LogP contribution in [0, 0.1) is 0 Å². The molecule has 2 nitrogen and oxygen atoms in total. The van der Waals surface area contributed by atoms with Crippen LogP contribution in [0.5, 0.6) is 0 Å². The second-order valence-electron chi connectivity index (χ2n) is 3.11. The minimum atomic E-state index is 0.477. The van der Waals surface area contributed by atoms with Crippen LogP contribution in [0.2, 0.25) is 5.02 Å². The minimum absolute atomic E-state index is 0.477. The average molecular weight is 231 g/mol. The lowest BCUT2D eigenvalue weighted by molar-refractivity contribution is 0.617. The predicted molar refractivity (Wildman–Crippen MR) is 64.2 cm³/mol. The molecule has 0 aliphatic rings. The highest BCUT2D eigenvalue weighted by atomic mass is 35.5. The summed E-state index contributed by atoms with van der Waals surface area (Å²) in [7, 11) is 1.98. The van der Waals surface area contributed by atoms with Gasteiger partial charge >= 0.3 is 0 Å². The zero-order valence-electron chi connectivity index (χ0n) is 8.46. The van der Waals surface area contributed by atoms with Crippen molar-refractivity contribution < 1.29 is 0 Å². The van der Waals surface area contributed by atoms with Crippen LogP contribution in [-0.4, -0.2) is 30.1 Å². The lowest BCUT2D eigenvalue weighted by atomic mass is 10.1. The van der Waals surface area contributed by atoms with Crippen LogP contribution in [0.4, 0.5) is 0 Å². The molecule has 1 N–H and O–H groups in total. The maximum atomic E-state index is 6.03. The van der Waals surface area contributed by atoms with Gasteiger partial charge in [0.05, 0.1) is 5.02 Å². The monoisotopic (exact) mass is 230 g/mol. The van der Waals surface area contributed by atoms with Crippen molar-refractivity contribution in [2.45, 2.75) is 12.5 Å². The van der Waals surface area contributed by atoms with Crippen molar-refractivity contribution in [3.63, 3.8) is 0 Å². The van der Waals surface area contributed by atoms with Crippen molar-refractivity contribution in [3.8, 4) is 0 Å². The largest absolute Gasteiger partial charge is 0.316 e. The number of hydrogen-bond donors (Lipinski definition) is 1. The Morgan fingerprint density at radius 2 is 2.43 bits per heavy atom. The van der Waals surface area contributed by atoms with E-state index in [2.05, 4.69) is 16.6 Å². The molecule has 1 aromatic rings. The molecule has 1 atom stereocenters. The first-order valence-electron chi connectivity index (χ1n) is 4.52. The number of thioether (sulfide) groups is 1. The Kier molecular flexibility index (Phi) is 5.30. The van der Waals surface area contributed by atoms with E-state index < -0.39 is 0 Å². The van der Waals surface area contributed by atoms with E-state index in [1.54, 1.807) is 12.4 Å². The average Bonchev–Trinajstić information content (AvgIpc) is 2.20. The van der Waals surface area contributed by atoms with E-state index >= 15 is 0 Å². The molecule has 0 saturated heterocycles. The molecule has 1 rings (SSSR count). The number of pyridine rings is 1. The Bertz CT molecular complexity index is 281. The third kappa shape index (κ3) is 3.48. The molecule has 0 spiro atoms. The molecule has 78 valence electrons. The molecule has 0 fully saturated rings. The third-order valence-electron chi connectivity index (χ3n) is 2.10. The smallest absolute Gasteiger partial charge is 0.0621 e. The Balaban J connectivity index is 2.62. The third-order valence-corrected chi connectivity index (χ3v) is 3.17. The van der Waals surface area contributed by atoms with Crippen molar-refractivity contribution in [1.29, 1.82) is 0 Å². The van der Waals surface area contributed by atoms with E-state index in [9.17, 15) is 0 Å². The quantitative estimate of drug-likeness (QED) is 0.840. The fourth-order valence-corrected chi connectivity index (χ4v) is 2.16. The molecular formula is C10H15ClN2S. The molecule has 1 unspecified atom stereocenters. The molecular weight excluding hydrogens is 216 g/mol. The molecule has 4 heteroatoms. The van der Waals surface area contributed by atoms with E-state index in [4.69, 9.17) is 11.6 Å². The fraction of sp³-hybridized carbons (Fsp3) is 0.500. The molecule has 0 radical (unpaired) electrons. The van der Waals surface area contributed by atoms with E-state index in [0.29, 0.717) is 6.04 Å². The van der Waals surface area contributed by atoms with Crippen LogP contribution < -0.4 is 5.32 Å². The maximum absolute atomic E-state index is 6.03. The summed E-state index contributed by atoms with van der Waals surface area (Å²) in [5.41, 5.74) is 1.16. The summed E-state index contributed by atoms with van der Waals surface area (Å²) in [5, 5.41) is 4.04. The van der Waals surface area contributed by atoms with Crippen molar-refractivity contribution >= 4 is 23.4 Å². The molecule has 14 heavy (non-hydrogen) atoms. The van der Waals surface area contributed by atoms with Gasteiger partial charge in [-0.15, -0.1) is 0 Å². The Morgan fingerprint density at radius 1 is 1.64 bits per heavy atom. The summed E-state index contributed by atoms with van der Waals surface area (Å²) < 4.78 is 0. The second kappa shape index (κ2) is 6.27. The van der Waals surface area contributed by atoms with Gasteiger partial charge in [-0.2, -0.15) is 11.8 Å². The van der Waals surface area contributed by atoms with Crippen molar-refractivity contribution in [3.05, 3.63) is 29.0 Å². The number of likely N-dealkylation sites (N-methyl/N-ethyl adjacent to an activating group) is 1. The van der Waals surface area contributed by atoms with Crippen molar-refractivity contribution in [2.24, 2.45) is 0 Å². The van der Waals surface area contributed by atoms with Gasteiger partial charge in [-0.3, -0.25) is 4.98 Å². The zero-order valence-corrected chi connectivity index (χ0v) is 10.0. The van der Waals surface area contributed by atoms with Gasteiger partial charge in [0.25, 0.3) is 0 Å². The molecule has 0 aliphatic heterocycles. The first-order valence-corrected chi connectivity index (χ1v) is 6.29. The van der Waals surface area contributed by atoms with Gasteiger partial charge in [0, 0.05) is 24.2 Å². The Labute approximate surface area is 94.5 Å². The normalized spacial score (nSPS) is 12.8. The minimum Gasteiger partial charge on any atom is -0.316 e. The maximum Gasteiger partial charge on any atom is 0.0621 e. The molecule has 0 aromatic carbocycles. The summed E-state index contributed by atoms with van der Waals surface area (Å²) in [4.78, 5) is 3.97. The Morgan fingerprint density at radius 3 is 3.00 bits per heavy atom. The lowest BCUT2D eigenvalue weighted by Crippen LogP contribution is -2.30. The summed E-state index contributed by atoms with van der Waals surface area (Å²) >= 11 is 7.87. The molecule has 1 aromatic heterocycles. The van der Waals surface area contributed by atoms with Crippen molar-refractivity contribution in [2.75, 3.05) is 19.1 Å². The van der Waals surface area contributed by atoms with Crippen LogP contribution in [0.1, 0.15) is 5.56 Å². The van der Waals surface area contributed by atoms with E-state index in [1.807, 2.05) is 24.9 Å². The van der Waals surface area contributed by atoms with Crippen LogP contribution in [0.3, 0.4) is 0 Å². The van der Waals surface area contributed by atoms with Crippen molar-refractivity contribution in [1.82, 2.24) is 10.3 Å². The second-order valence-corrected chi connectivity index (χ2v) is 4.43. The standard InChI is InChI=1S/C10H15ClN2S/c1-12-9(7-14-2)5-8-3-4-13-6-10(8)11/h3-4,6,9,12H,5,7H2,1-2H3. The van der Waals surface area contributed by atoms with Gasteiger partial charge in [-0.05, 0) is 31.4 Å². The van der Waals surface area contributed by atoms with E-state index in [1.165, 1.54) is 0 Å². The van der Waals surface area contributed by atoms with Crippen LogP contribution in [-0.2, 0) is 6.42 Å². The zero-order chi connectivity index (χ0) is 10.4. The molecule has 0 bridgehead atoms. The Hall–Kier alpha value is -0.250. The topological polar surface area (TPSA) is 24.9 Å². The predicted octanol–water partition coefficient (Wildman–Crippen LogP) is 2.23. The first kappa shape index (κ1) is 11.8. The van der Waals surface area contributed by atoms with Gasteiger partial charge in [-0.25, -0.2) is 0 Å². The number of nitrogens with zero attached hydrogens (tertiary/aromatic N) is 1. The van der Waals surface area contributed by atoms with Crippen LogP contribution in [0.25, 0.3) is 0 Å². The van der Waals surface area contributed by atoms with Gasteiger partial charge in [-0.1, -0.05) is 11.6 Å². The van der Waals surface area contributed by atoms with Crippen LogP contribution in [0.15, 0.2) is 18.5 Å². The van der Waals surface area contributed by atoms with Crippen LogP contribution >= 0.6 is 23.4 Å². The number of halogens is 1. The van der Waals surface area contributed by atoms with Gasteiger partial charge in [0.2, 0.25) is 0 Å². The first-order chi connectivity index (χ1) is 6.77. The van der Waals surface area contributed by atoms with Gasteiger partial charge in [0.1, 0.15) is 0 Å². The highest BCUT2D eigenvalue weighted by molar-refractivity contribution is 7.98. The highest BCUT2D eigenvalue weighted by Crippen LogP contribution is 2.16. The SMILES string of the molecule is CNC(CSC)Cc1ccncc1Cl. The van der Waals surface area contributed by atoms with Gasteiger partial charge in [0.15, 0.2) is 0 Å². The molecule has 0 saturated carbocycles. The summed E-state index contributed by atoms with van der Waals surface area (Å²) in [5.74, 6) is 1.09. The van der Waals surface area contributed by atoms with E-state index in [-0.39, 0.29) is 0 Å². The number of hydrogen-bond acceptors (Lipinski definition) is 3. The molecule has 0 aliphatic carbocycles. The summed E-state index contributed by atoms with van der Waals surface area (Å²) in [6, 6.07) is 2.46. The molecule has 1 heterocycles. The summed E-state index contributed by atoms with van der Waals surface area (Å²) in [6.07, 6.45) is 6.55. The lowest BCUT2D eigenvalue weighted by Gasteiger charge is -2.15. The summed E-state index contributed by atoms with van der Waals surface area (Å²) in [6.45, 7) is 0.